The van der Waals surface area contributed by atoms with Crippen molar-refractivity contribution in [1.82, 2.24) is 0 Å². The van der Waals surface area contributed by atoms with E-state index >= 15 is 0 Å². The summed E-state index contributed by atoms with van der Waals surface area (Å²) in [6.45, 7) is 0. The van der Waals surface area contributed by atoms with Crippen molar-refractivity contribution in [1.29, 1.82) is 0 Å². The first-order chi connectivity index (χ1) is 2.00. The summed E-state index contributed by atoms with van der Waals surface area (Å²) in [5, 5.41) is 0. The maximum absolute atomic E-state index is 4.38. The van der Waals surface area contributed by atoms with Crippen LogP contribution in [0.25, 0.3) is 0 Å². The minimum atomic E-state index is -2.04. The molecule has 0 heterocycles. The van der Waals surface area contributed by atoms with E-state index < -0.39 is 6.16 Å². The second-order valence-corrected chi connectivity index (χ2v) is 12.4. The van der Waals surface area contributed by atoms with Crippen LogP contribution in [-0.2, 0) is 22.9 Å². The van der Waals surface area contributed by atoms with Crippen molar-refractivity contribution in [2.24, 2.45) is 0 Å². The van der Waals surface area contributed by atoms with Crippen LogP contribution < -0.4 is 0 Å². The van der Waals surface area contributed by atoms with E-state index in [1.165, 1.54) is 0 Å². The van der Waals surface area contributed by atoms with Crippen LogP contribution in [0.15, 0.2) is 0 Å². The summed E-state index contributed by atoms with van der Waals surface area (Å²) < 4.78 is 0. The molecule has 0 aromatic heterocycles. The fraction of sp³-hybridized carbons (Fsp3) is 0. The Morgan fingerprint density at radius 3 is 0.857 bits per heavy atom. The van der Waals surface area contributed by atoms with E-state index in [0.29, 0.717) is 0 Å². The Hall–Kier alpha value is 2.43. The van der Waals surface area contributed by atoms with Crippen molar-refractivity contribution in [2.45, 2.75) is 0 Å². The average molecular weight is 273 g/mol. The quantitative estimate of drug-likeness (QED) is 0.620. The van der Waals surface area contributed by atoms with Gasteiger partial charge >= 0.3 is 48.6 Å². The molecule has 0 aromatic carbocycles. The zero-order valence-electron chi connectivity index (χ0n) is 2.88. The molecular formula is AlCo2S4. The van der Waals surface area contributed by atoms with Crippen molar-refractivity contribution < 1.29 is 22.9 Å². The Morgan fingerprint density at radius 2 is 0.857 bits per heavy atom. The van der Waals surface area contributed by atoms with Gasteiger partial charge in [-0.15, -0.1) is 0 Å². The third-order valence-electron chi connectivity index (χ3n) is 0. The molecule has 0 atom stereocenters. The zero-order valence-corrected chi connectivity index (χ0v) is 9.38. The SMILES string of the molecule is [Al].[Co].[S]=[Co](=[S])(=[S])=[S]. The van der Waals surface area contributed by atoms with Gasteiger partial charge in [0.05, 0.1) is 0 Å². The molecule has 0 rings (SSSR count). The van der Waals surface area contributed by atoms with Crippen LogP contribution in [0, 0.1) is 0 Å². The molecule has 0 bridgehead atoms. The maximum atomic E-state index is 4.38. The summed E-state index contributed by atoms with van der Waals surface area (Å²) in [6.07, 6.45) is -2.04. The van der Waals surface area contributed by atoms with Gasteiger partial charge in [-0.3, -0.25) is 0 Å². The molecule has 45 valence electrons. The molecule has 0 N–H and O–H groups in total. The van der Waals surface area contributed by atoms with Crippen LogP contribution in [0.2, 0.25) is 0 Å². The predicted octanol–water partition coefficient (Wildman–Crippen LogP) is 2.21. The molecule has 0 aliphatic heterocycles. The van der Waals surface area contributed by atoms with Crippen molar-refractivity contribution in [3.05, 3.63) is 0 Å². The minimum absolute atomic E-state index is 0. The third-order valence-corrected chi connectivity index (χ3v) is 0. The molecule has 0 spiro atoms. The standard InChI is InChI=1S/Al.2Co.4S. The van der Waals surface area contributed by atoms with Gasteiger partial charge in [-0.25, -0.2) is 0 Å². The van der Waals surface area contributed by atoms with Crippen LogP contribution in [0.1, 0.15) is 0 Å². The van der Waals surface area contributed by atoms with Gasteiger partial charge in [0.1, 0.15) is 0 Å². The molecule has 0 aromatic rings. The number of hydrogen-bond acceptors (Lipinski definition) is 4. The fourth-order valence-electron chi connectivity index (χ4n) is 0. The van der Waals surface area contributed by atoms with Crippen molar-refractivity contribution >= 4 is 59.8 Å². The Labute approximate surface area is 81.5 Å². The molecule has 0 aliphatic rings. The normalized spacial score (nSPS) is 8.00. The van der Waals surface area contributed by atoms with Crippen molar-refractivity contribution in [2.75, 3.05) is 0 Å². The van der Waals surface area contributed by atoms with Gasteiger partial charge in [0.2, 0.25) is 0 Å². The Balaban J connectivity index is -0.0000000800. The van der Waals surface area contributed by atoms with E-state index in [1.54, 1.807) is 0 Å². The van der Waals surface area contributed by atoms with Gasteiger partial charge in [-0.1, -0.05) is 0 Å². The summed E-state index contributed by atoms with van der Waals surface area (Å²) in [7, 11) is 17.5. The second-order valence-electron chi connectivity index (χ2n) is 0.333. The zero-order chi connectivity index (χ0) is 4.50. The van der Waals surface area contributed by atoms with E-state index in [9.17, 15) is 0 Å². The average Bonchev–Trinajstić information content (AvgIpc) is 0.722. The summed E-state index contributed by atoms with van der Waals surface area (Å²) in [5.74, 6) is 0. The molecule has 0 saturated heterocycles. The topological polar surface area (TPSA) is 0 Å². The van der Waals surface area contributed by atoms with Gasteiger partial charge < -0.3 is 0 Å². The fourth-order valence-corrected chi connectivity index (χ4v) is 0. The first kappa shape index (κ1) is 16.2. The van der Waals surface area contributed by atoms with Crippen LogP contribution in [0.3, 0.4) is 0 Å². The summed E-state index contributed by atoms with van der Waals surface area (Å²) in [4.78, 5) is 0. The van der Waals surface area contributed by atoms with Crippen LogP contribution >= 0.6 is 42.4 Å². The van der Waals surface area contributed by atoms with Crippen molar-refractivity contribution in [3.63, 3.8) is 0 Å². The van der Waals surface area contributed by atoms with Gasteiger partial charge in [0.25, 0.3) is 0 Å². The summed E-state index contributed by atoms with van der Waals surface area (Å²) >= 11 is 0. The second kappa shape index (κ2) is 6.54. The van der Waals surface area contributed by atoms with Crippen LogP contribution in [-0.4, -0.2) is 17.4 Å². The molecule has 0 fully saturated rings. The van der Waals surface area contributed by atoms with Gasteiger partial charge in [-0.05, 0) is 0 Å². The summed E-state index contributed by atoms with van der Waals surface area (Å²) in [5.41, 5.74) is 0. The molecule has 0 unspecified atom stereocenters. The van der Waals surface area contributed by atoms with Gasteiger partial charge in [0.15, 0.2) is 0 Å². The molecule has 0 aliphatic carbocycles. The Morgan fingerprint density at radius 1 is 0.857 bits per heavy atom. The van der Waals surface area contributed by atoms with Crippen molar-refractivity contribution in [3.8, 4) is 0 Å². The van der Waals surface area contributed by atoms with E-state index in [2.05, 4.69) is 42.4 Å². The molecule has 4 radical (unpaired) electrons. The van der Waals surface area contributed by atoms with E-state index in [-0.39, 0.29) is 34.1 Å². The van der Waals surface area contributed by atoms with E-state index in [1.807, 2.05) is 0 Å². The molecule has 0 amide bonds. The van der Waals surface area contributed by atoms with Crippen LogP contribution in [0.4, 0.5) is 0 Å². The molecule has 7 heavy (non-hydrogen) atoms. The third kappa shape index (κ3) is 59.1. The molecular weight excluding hydrogens is 273 g/mol. The van der Waals surface area contributed by atoms with Crippen LogP contribution in [0.5, 0.6) is 0 Å². The number of hydrogen-bond donors (Lipinski definition) is 0. The van der Waals surface area contributed by atoms with Gasteiger partial charge in [0, 0.05) is 34.1 Å². The predicted molar refractivity (Wildman–Crippen MR) is 36.1 cm³/mol. The summed E-state index contributed by atoms with van der Waals surface area (Å²) in [6, 6.07) is 0. The molecule has 0 saturated carbocycles. The molecule has 0 nitrogen and oxygen atoms in total. The van der Waals surface area contributed by atoms with E-state index in [4.69, 9.17) is 0 Å². The first-order valence-electron chi connectivity index (χ1n) is 0.544. The van der Waals surface area contributed by atoms with E-state index in [0.717, 1.165) is 0 Å². The first-order valence-corrected chi connectivity index (χ1v) is 6.73. The molecule has 7 heteroatoms. The monoisotopic (exact) mass is 273 g/mol. The Kier molecular flexibility index (Phi) is 15.2. The number of rotatable bonds is 0. The Bertz CT molecular complexity index is 161. The van der Waals surface area contributed by atoms with Gasteiger partial charge in [-0.2, -0.15) is 0 Å².